The zero-order chi connectivity index (χ0) is 18.4. The molecule has 0 saturated carbocycles. The van der Waals surface area contributed by atoms with E-state index in [-0.39, 0.29) is 35.7 Å². The molecule has 6 nitrogen and oxygen atoms in total. The molecule has 1 aromatic heterocycles. The SMILES string of the molecule is C[C@@H](NC(=O)CCNC(=O)c1ccsc1)c1ccc(S(C)(=O)=O)cc1. The molecule has 0 aliphatic carbocycles. The largest absolute Gasteiger partial charge is 0.351 e. The average Bonchev–Trinajstić information content (AvgIpc) is 3.08. The maximum Gasteiger partial charge on any atom is 0.252 e. The topological polar surface area (TPSA) is 92.3 Å². The molecule has 0 fully saturated rings. The molecule has 1 aromatic carbocycles. The summed E-state index contributed by atoms with van der Waals surface area (Å²) in [7, 11) is -3.23. The van der Waals surface area contributed by atoms with E-state index >= 15 is 0 Å². The van der Waals surface area contributed by atoms with Crippen molar-refractivity contribution in [1.29, 1.82) is 0 Å². The Balaban J connectivity index is 1.80. The fourth-order valence-electron chi connectivity index (χ4n) is 2.19. The number of sulfone groups is 1. The number of thiophene rings is 1. The molecule has 25 heavy (non-hydrogen) atoms. The van der Waals surface area contributed by atoms with E-state index in [0.29, 0.717) is 5.56 Å². The molecule has 0 radical (unpaired) electrons. The van der Waals surface area contributed by atoms with Crippen LogP contribution in [0.2, 0.25) is 0 Å². The average molecular weight is 380 g/mol. The molecule has 0 unspecified atom stereocenters. The third-order valence-electron chi connectivity index (χ3n) is 3.61. The third kappa shape index (κ3) is 5.68. The van der Waals surface area contributed by atoms with E-state index in [2.05, 4.69) is 10.6 Å². The van der Waals surface area contributed by atoms with Gasteiger partial charge in [-0.25, -0.2) is 8.42 Å². The molecule has 2 rings (SSSR count). The van der Waals surface area contributed by atoms with E-state index in [1.165, 1.54) is 23.5 Å². The van der Waals surface area contributed by atoms with Crippen molar-refractivity contribution in [3.63, 3.8) is 0 Å². The highest BCUT2D eigenvalue weighted by Gasteiger charge is 2.12. The van der Waals surface area contributed by atoms with Gasteiger partial charge in [0, 0.05) is 30.2 Å². The summed E-state index contributed by atoms with van der Waals surface area (Å²) in [5.41, 5.74) is 1.40. The van der Waals surface area contributed by atoms with Crippen LogP contribution in [-0.4, -0.2) is 33.0 Å². The minimum absolute atomic E-state index is 0.168. The Kier molecular flexibility index (Phi) is 6.33. The van der Waals surface area contributed by atoms with E-state index in [4.69, 9.17) is 0 Å². The van der Waals surface area contributed by atoms with Crippen LogP contribution in [0.1, 0.15) is 35.3 Å². The lowest BCUT2D eigenvalue weighted by atomic mass is 10.1. The molecule has 8 heteroatoms. The first-order valence-electron chi connectivity index (χ1n) is 7.67. The van der Waals surface area contributed by atoms with Crippen molar-refractivity contribution in [1.82, 2.24) is 10.6 Å². The zero-order valence-electron chi connectivity index (χ0n) is 14.0. The summed E-state index contributed by atoms with van der Waals surface area (Å²) in [6, 6.07) is 7.87. The number of hydrogen-bond acceptors (Lipinski definition) is 5. The fourth-order valence-corrected chi connectivity index (χ4v) is 3.45. The Morgan fingerprint density at radius 2 is 1.84 bits per heavy atom. The molecular formula is C17H20N2O4S2. The van der Waals surface area contributed by atoms with Gasteiger partial charge in [-0.2, -0.15) is 11.3 Å². The molecule has 0 bridgehead atoms. The van der Waals surface area contributed by atoms with Gasteiger partial charge in [0.25, 0.3) is 5.91 Å². The normalized spacial score (nSPS) is 12.4. The van der Waals surface area contributed by atoms with E-state index in [0.717, 1.165) is 11.8 Å². The van der Waals surface area contributed by atoms with Gasteiger partial charge in [-0.05, 0) is 36.1 Å². The number of carbonyl (C=O) groups is 2. The maximum absolute atomic E-state index is 12.0. The first-order chi connectivity index (χ1) is 11.8. The van der Waals surface area contributed by atoms with Crippen LogP contribution in [0.5, 0.6) is 0 Å². The van der Waals surface area contributed by atoms with E-state index < -0.39 is 9.84 Å². The van der Waals surface area contributed by atoms with E-state index in [9.17, 15) is 18.0 Å². The van der Waals surface area contributed by atoms with Crippen molar-refractivity contribution in [2.45, 2.75) is 24.3 Å². The van der Waals surface area contributed by atoms with Gasteiger partial charge >= 0.3 is 0 Å². The van der Waals surface area contributed by atoms with Crippen molar-refractivity contribution in [2.75, 3.05) is 12.8 Å². The van der Waals surface area contributed by atoms with Crippen LogP contribution >= 0.6 is 11.3 Å². The van der Waals surface area contributed by atoms with Crippen molar-refractivity contribution in [2.24, 2.45) is 0 Å². The molecule has 2 aromatic rings. The van der Waals surface area contributed by atoms with Gasteiger partial charge in [-0.1, -0.05) is 12.1 Å². The van der Waals surface area contributed by atoms with Gasteiger partial charge in [0.2, 0.25) is 5.91 Å². The summed E-state index contributed by atoms with van der Waals surface area (Å²) in [5, 5.41) is 9.08. The third-order valence-corrected chi connectivity index (χ3v) is 5.42. The van der Waals surface area contributed by atoms with Gasteiger partial charge < -0.3 is 10.6 Å². The second-order valence-electron chi connectivity index (χ2n) is 5.65. The minimum atomic E-state index is -3.23. The Labute approximate surface area is 151 Å². The Hall–Kier alpha value is -2.19. The van der Waals surface area contributed by atoms with E-state index in [1.54, 1.807) is 23.6 Å². The number of hydrogen-bond donors (Lipinski definition) is 2. The predicted molar refractivity (Wildman–Crippen MR) is 97.4 cm³/mol. The number of amides is 2. The molecule has 0 spiro atoms. The quantitative estimate of drug-likeness (QED) is 0.770. The summed E-state index contributed by atoms with van der Waals surface area (Å²) in [6.07, 6.45) is 1.32. The van der Waals surface area contributed by atoms with Crippen molar-refractivity contribution >= 4 is 33.0 Å². The van der Waals surface area contributed by atoms with Crippen molar-refractivity contribution < 1.29 is 18.0 Å². The Morgan fingerprint density at radius 1 is 1.16 bits per heavy atom. The van der Waals surface area contributed by atoms with Crippen molar-refractivity contribution in [3.8, 4) is 0 Å². The molecule has 1 heterocycles. The zero-order valence-corrected chi connectivity index (χ0v) is 15.6. The predicted octanol–water partition coefficient (Wildman–Crippen LogP) is 2.15. The lowest BCUT2D eigenvalue weighted by Gasteiger charge is -2.15. The van der Waals surface area contributed by atoms with Crippen LogP contribution in [0, 0.1) is 0 Å². The van der Waals surface area contributed by atoms with Crippen LogP contribution in [0.4, 0.5) is 0 Å². The van der Waals surface area contributed by atoms with Gasteiger partial charge in [-0.3, -0.25) is 9.59 Å². The van der Waals surface area contributed by atoms with E-state index in [1.807, 2.05) is 12.3 Å². The van der Waals surface area contributed by atoms with Crippen LogP contribution < -0.4 is 10.6 Å². The number of rotatable bonds is 7. The number of nitrogens with one attached hydrogen (secondary N) is 2. The second-order valence-corrected chi connectivity index (χ2v) is 8.44. The molecule has 1 atom stereocenters. The minimum Gasteiger partial charge on any atom is -0.351 e. The standard InChI is InChI=1S/C17H20N2O4S2/c1-12(13-3-5-15(6-4-13)25(2,22)23)19-16(20)7-9-18-17(21)14-8-10-24-11-14/h3-6,8,10-12H,7,9H2,1-2H3,(H,18,21)(H,19,20)/t12-/m1/s1. The number of carbonyl (C=O) groups excluding carboxylic acids is 2. The van der Waals surface area contributed by atoms with Crippen LogP contribution in [-0.2, 0) is 14.6 Å². The van der Waals surface area contributed by atoms with Crippen LogP contribution in [0.25, 0.3) is 0 Å². The highest BCUT2D eigenvalue weighted by Crippen LogP contribution is 2.16. The van der Waals surface area contributed by atoms with Gasteiger partial charge in [0.1, 0.15) is 0 Å². The first-order valence-corrected chi connectivity index (χ1v) is 10.5. The molecule has 134 valence electrons. The summed E-state index contributed by atoms with van der Waals surface area (Å²) in [5.74, 6) is -0.385. The lowest BCUT2D eigenvalue weighted by molar-refractivity contribution is -0.121. The summed E-state index contributed by atoms with van der Waals surface area (Å²) < 4.78 is 22.9. The lowest BCUT2D eigenvalue weighted by Crippen LogP contribution is -2.31. The second kappa shape index (κ2) is 8.26. The fraction of sp³-hybridized carbons (Fsp3) is 0.294. The van der Waals surface area contributed by atoms with Crippen LogP contribution in [0.15, 0.2) is 46.0 Å². The maximum atomic E-state index is 12.0. The first kappa shape index (κ1) is 19.1. The molecular weight excluding hydrogens is 360 g/mol. The van der Waals surface area contributed by atoms with Crippen molar-refractivity contribution in [3.05, 3.63) is 52.2 Å². The molecule has 0 aliphatic heterocycles. The van der Waals surface area contributed by atoms with Gasteiger partial charge in [0.15, 0.2) is 9.84 Å². The Bertz CT molecular complexity index is 828. The smallest absolute Gasteiger partial charge is 0.252 e. The molecule has 2 N–H and O–H groups in total. The van der Waals surface area contributed by atoms with Crippen LogP contribution in [0.3, 0.4) is 0 Å². The monoisotopic (exact) mass is 380 g/mol. The highest BCUT2D eigenvalue weighted by molar-refractivity contribution is 7.90. The number of benzene rings is 1. The van der Waals surface area contributed by atoms with Gasteiger partial charge in [-0.15, -0.1) is 0 Å². The molecule has 0 aliphatic rings. The summed E-state index contributed by atoms with van der Waals surface area (Å²) in [4.78, 5) is 24.0. The molecule has 2 amide bonds. The summed E-state index contributed by atoms with van der Waals surface area (Å²) >= 11 is 1.44. The Morgan fingerprint density at radius 3 is 2.40 bits per heavy atom. The molecule has 0 saturated heterocycles. The van der Waals surface area contributed by atoms with Gasteiger partial charge in [0.05, 0.1) is 10.9 Å². The summed E-state index contributed by atoms with van der Waals surface area (Å²) in [6.45, 7) is 2.07. The highest BCUT2D eigenvalue weighted by atomic mass is 32.2.